The number of halogens is 1. The topological polar surface area (TPSA) is 12.0 Å². The molecule has 1 N–H and O–H groups in total. The average Bonchev–Trinajstić information content (AvgIpc) is 2.18. The van der Waals surface area contributed by atoms with E-state index in [1.807, 2.05) is 31.2 Å². The summed E-state index contributed by atoms with van der Waals surface area (Å²) in [4.78, 5) is 0. The highest BCUT2D eigenvalue weighted by Gasteiger charge is 2.26. The minimum absolute atomic E-state index is 0.351. The van der Waals surface area contributed by atoms with Crippen LogP contribution in [0.15, 0.2) is 24.3 Å². The van der Waals surface area contributed by atoms with Crippen LogP contribution in [0.5, 0.6) is 0 Å². The van der Waals surface area contributed by atoms with E-state index in [1.165, 1.54) is 0 Å². The second-order valence-corrected chi connectivity index (χ2v) is 3.74. The molecule has 1 atom stereocenters. The molecule has 0 aliphatic carbocycles. The number of rotatable bonds is 4. The van der Waals surface area contributed by atoms with Gasteiger partial charge >= 0.3 is 0 Å². The van der Waals surface area contributed by atoms with Crippen molar-refractivity contribution in [2.45, 2.75) is 25.9 Å². The molecule has 0 aliphatic heterocycles. The van der Waals surface area contributed by atoms with Gasteiger partial charge in [0.25, 0.3) is 0 Å². The standard InChI is InChI=1S/C12H18FN/c1-4-10-7-5-6-8-11(10)12(2,13)9-14-3/h5-8,14H,4,9H2,1-3H3. The first-order valence-electron chi connectivity index (χ1n) is 5.03. The molecule has 1 aromatic rings. The van der Waals surface area contributed by atoms with E-state index in [0.717, 1.165) is 17.5 Å². The molecule has 14 heavy (non-hydrogen) atoms. The van der Waals surface area contributed by atoms with Gasteiger partial charge in [0.2, 0.25) is 0 Å². The first-order valence-corrected chi connectivity index (χ1v) is 5.03. The van der Waals surface area contributed by atoms with E-state index >= 15 is 0 Å². The van der Waals surface area contributed by atoms with Crippen LogP contribution in [0.25, 0.3) is 0 Å². The van der Waals surface area contributed by atoms with E-state index < -0.39 is 5.67 Å². The van der Waals surface area contributed by atoms with Crippen LogP contribution in [0, 0.1) is 0 Å². The summed E-state index contributed by atoms with van der Waals surface area (Å²) in [5.41, 5.74) is 0.617. The molecule has 0 fully saturated rings. The van der Waals surface area contributed by atoms with Crippen LogP contribution in [0.4, 0.5) is 4.39 Å². The molecule has 2 heteroatoms. The molecule has 1 aromatic carbocycles. The SMILES string of the molecule is CCc1ccccc1C(C)(F)CNC. The van der Waals surface area contributed by atoms with Crippen LogP contribution in [0.1, 0.15) is 25.0 Å². The summed E-state index contributed by atoms with van der Waals surface area (Å²) < 4.78 is 14.2. The molecule has 0 saturated heterocycles. The fraction of sp³-hybridized carbons (Fsp3) is 0.500. The Morgan fingerprint density at radius 3 is 2.57 bits per heavy atom. The third-order valence-corrected chi connectivity index (χ3v) is 2.47. The van der Waals surface area contributed by atoms with Gasteiger partial charge in [0, 0.05) is 6.54 Å². The molecule has 0 heterocycles. The number of likely N-dealkylation sites (N-methyl/N-ethyl adjacent to an activating group) is 1. The summed E-state index contributed by atoms with van der Waals surface area (Å²) in [6.07, 6.45) is 0.874. The summed E-state index contributed by atoms with van der Waals surface area (Å²) >= 11 is 0. The van der Waals surface area contributed by atoms with Crippen molar-refractivity contribution in [2.75, 3.05) is 13.6 Å². The lowest BCUT2D eigenvalue weighted by Gasteiger charge is -2.23. The van der Waals surface area contributed by atoms with Crippen LogP contribution < -0.4 is 5.32 Å². The Morgan fingerprint density at radius 2 is 2.00 bits per heavy atom. The Morgan fingerprint density at radius 1 is 1.36 bits per heavy atom. The summed E-state index contributed by atoms with van der Waals surface area (Å²) in [5, 5.41) is 2.88. The molecule has 78 valence electrons. The van der Waals surface area contributed by atoms with Crippen LogP contribution in [-0.2, 0) is 12.1 Å². The predicted octanol–water partition coefficient (Wildman–Crippen LogP) is 2.65. The quantitative estimate of drug-likeness (QED) is 0.778. The van der Waals surface area contributed by atoms with E-state index in [1.54, 1.807) is 14.0 Å². The number of hydrogen-bond donors (Lipinski definition) is 1. The maximum Gasteiger partial charge on any atom is 0.145 e. The summed E-state index contributed by atoms with van der Waals surface area (Å²) in [7, 11) is 1.77. The second-order valence-electron chi connectivity index (χ2n) is 3.74. The molecule has 0 saturated carbocycles. The van der Waals surface area contributed by atoms with Crippen molar-refractivity contribution in [3.63, 3.8) is 0 Å². The van der Waals surface area contributed by atoms with E-state index in [2.05, 4.69) is 5.32 Å². The summed E-state index contributed by atoms with van der Waals surface area (Å²) in [6.45, 7) is 4.02. The number of alkyl halides is 1. The lowest BCUT2D eigenvalue weighted by atomic mass is 9.92. The molecule has 0 amide bonds. The lowest BCUT2D eigenvalue weighted by Crippen LogP contribution is -2.30. The van der Waals surface area contributed by atoms with Gasteiger partial charge in [-0.1, -0.05) is 31.2 Å². The van der Waals surface area contributed by atoms with Crippen LogP contribution in [0.3, 0.4) is 0 Å². The maximum atomic E-state index is 14.2. The van der Waals surface area contributed by atoms with Gasteiger partial charge in [0.15, 0.2) is 0 Å². The normalized spacial score (nSPS) is 15.1. The van der Waals surface area contributed by atoms with Crippen molar-refractivity contribution in [3.8, 4) is 0 Å². The molecule has 0 spiro atoms. The van der Waals surface area contributed by atoms with Crippen molar-refractivity contribution in [3.05, 3.63) is 35.4 Å². The monoisotopic (exact) mass is 195 g/mol. The minimum atomic E-state index is -1.28. The number of benzene rings is 1. The largest absolute Gasteiger partial charge is 0.316 e. The first kappa shape index (κ1) is 11.2. The third kappa shape index (κ3) is 2.32. The van der Waals surface area contributed by atoms with E-state index in [-0.39, 0.29) is 0 Å². The third-order valence-electron chi connectivity index (χ3n) is 2.47. The average molecular weight is 195 g/mol. The Hall–Kier alpha value is -0.890. The predicted molar refractivity (Wildman–Crippen MR) is 58.2 cm³/mol. The van der Waals surface area contributed by atoms with Crippen LogP contribution >= 0.6 is 0 Å². The van der Waals surface area contributed by atoms with Crippen molar-refractivity contribution in [1.82, 2.24) is 5.32 Å². The van der Waals surface area contributed by atoms with Gasteiger partial charge in [-0.25, -0.2) is 4.39 Å². The number of hydrogen-bond acceptors (Lipinski definition) is 1. The van der Waals surface area contributed by atoms with Crippen molar-refractivity contribution >= 4 is 0 Å². The first-order chi connectivity index (χ1) is 6.61. The Balaban J connectivity index is 3.04. The lowest BCUT2D eigenvalue weighted by molar-refractivity contribution is 0.189. The maximum absolute atomic E-state index is 14.2. The Labute approximate surface area is 85.3 Å². The molecular formula is C12H18FN. The zero-order valence-corrected chi connectivity index (χ0v) is 9.10. The van der Waals surface area contributed by atoms with Crippen molar-refractivity contribution in [1.29, 1.82) is 0 Å². The molecule has 0 aliphatic rings. The van der Waals surface area contributed by atoms with Crippen molar-refractivity contribution < 1.29 is 4.39 Å². The molecule has 1 nitrogen and oxygen atoms in total. The second kappa shape index (κ2) is 4.56. The van der Waals surface area contributed by atoms with Gasteiger partial charge in [-0.3, -0.25) is 0 Å². The molecule has 1 unspecified atom stereocenters. The highest BCUT2D eigenvalue weighted by atomic mass is 19.1. The molecular weight excluding hydrogens is 177 g/mol. The van der Waals surface area contributed by atoms with E-state index in [9.17, 15) is 4.39 Å². The highest BCUT2D eigenvalue weighted by Crippen LogP contribution is 2.27. The van der Waals surface area contributed by atoms with Gasteiger partial charge in [-0.2, -0.15) is 0 Å². The smallest absolute Gasteiger partial charge is 0.145 e. The molecule has 1 rings (SSSR count). The zero-order chi connectivity index (χ0) is 10.6. The zero-order valence-electron chi connectivity index (χ0n) is 9.10. The van der Waals surface area contributed by atoms with Crippen LogP contribution in [-0.4, -0.2) is 13.6 Å². The fourth-order valence-corrected chi connectivity index (χ4v) is 1.76. The van der Waals surface area contributed by atoms with E-state index in [0.29, 0.717) is 6.54 Å². The fourth-order valence-electron chi connectivity index (χ4n) is 1.76. The summed E-state index contributed by atoms with van der Waals surface area (Å²) in [5.74, 6) is 0. The molecule has 0 bridgehead atoms. The Bertz CT molecular complexity index is 294. The molecule has 0 radical (unpaired) electrons. The summed E-state index contributed by atoms with van der Waals surface area (Å²) in [6, 6.07) is 7.71. The highest BCUT2D eigenvalue weighted by molar-refractivity contribution is 5.32. The number of aryl methyl sites for hydroxylation is 1. The minimum Gasteiger partial charge on any atom is -0.316 e. The van der Waals surface area contributed by atoms with Crippen molar-refractivity contribution in [2.24, 2.45) is 0 Å². The van der Waals surface area contributed by atoms with Gasteiger partial charge < -0.3 is 5.32 Å². The number of nitrogens with one attached hydrogen (secondary N) is 1. The van der Waals surface area contributed by atoms with E-state index in [4.69, 9.17) is 0 Å². The Kier molecular flexibility index (Phi) is 3.64. The van der Waals surface area contributed by atoms with Gasteiger partial charge in [-0.05, 0) is 31.5 Å². The van der Waals surface area contributed by atoms with Gasteiger partial charge in [-0.15, -0.1) is 0 Å². The van der Waals surface area contributed by atoms with Gasteiger partial charge in [0.05, 0.1) is 0 Å². The van der Waals surface area contributed by atoms with Crippen LogP contribution in [0.2, 0.25) is 0 Å². The van der Waals surface area contributed by atoms with Gasteiger partial charge in [0.1, 0.15) is 5.67 Å². The molecule has 0 aromatic heterocycles.